The van der Waals surface area contributed by atoms with Gasteiger partial charge in [0, 0.05) is 29.7 Å². The Kier molecular flexibility index (Phi) is 5.07. The Morgan fingerprint density at radius 3 is 2.43 bits per heavy atom. The molecule has 0 aromatic heterocycles. The van der Waals surface area contributed by atoms with Crippen LogP contribution in [0.1, 0.15) is 18.4 Å². The van der Waals surface area contributed by atoms with E-state index >= 15 is 0 Å². The van der Waals surface area contributed by atoms with Crippen molar-refractivity contribution in [1.82, 2.24) is 4.90 Å². The molecule has 2 heterocycles. The quantitative estimate of drug-likeness (QED) is 0.590. The van der Waals surface area contributed by atoms with Crippen LogP contribution in [0.25, 0.3) is 0 Å². The third-order valence-electron chi connectivity index (χ3n) is 4.43. The zero-order chi connectivity index (χ0) is 14.7. The second kappa shape index (κ2) is 6.84. The Bertz CT molecular complexity index is 461. The Morgan fingerprint density at radius 1 is 1.14 bits per heavy atom. The summed E-state index contributed by atoms with van der Waals surface area (Å²) in [6, 6.07) is 5.60. The van der Waals surface area contributed by atoms with E-state index in [4.69, 9.17) is 32.7 Å². The summed E-state index contributed by atoms with van der Waals surface area (Å²) in [4.78, 5) is 2.45. The number of likely N-dealkylation sites (tertiary alicyclic amines) is 1. The molecule has 1 spiro atoms. The highest BCUT2D eigenvalue weighted by Gasteiger charge is 2.46. The average Bonchev–Trinajstić information content (AvgIpc) is 3.23. The van der Waals surface area contributed by atoms with Crippen molar-refractivity contribution in [1.29, 1.82) is 0 Å². The first kappa shape index (κ1) is 15.6. The monoisotopic (exact) mass is 329 g/mol. The molecule has 0 atom stereocenters. The Labute approximate surface area is 136 Å². The highest BCUT2D eigenvalue weighted by Crippen LogP contribution is 2.37. The number of nitrogens with zero attached hydrogens (tertiary/aromatic N) is 1. The predicted octanol–water partition coefficient (Wildman–Crippen LogP) is 3.42. The van der Waals surface area contributed by atoms with Crippen LogP contribution < -0.4 is 0 Å². The molecule has 21 heavy (non-hydrogen) atoms. The normalized spacial score (nSPS) is 20.9. The maximum absolute atomic E-state index is 6.14. The summed E-state index contributed by atoms with van der Waals surface area (Å²) in [5, 5.41) is 1.44. The van der Waals surface area contributed by atoms with E-state index in [-0.39, 0.29) is 5.60 Å². The fraction of sp³-hybridized carbons (Fsp3) is 0.625. The molecule has 0 N–H and O–H groups in total. The zero-order valence-corrected chi connectivity index (χ0v) is 13.6. The van der Waals surface area contributed by atoms with Gasteiger partial charge in [0.25, 0.3) is 0 Å². The number of hydrogen-bond donors (Lipinski definition) is 0. The molecule has 0 amide bonds. The third kappa shape index (κ3) is 4.11. The summed E-state index contributed by atoms with van der Waals surface area (Å²) in [7, 11) is 0. The van der Waals surface area contributed by atoms with Gasteiger partial charge in [-0.25, -0.2) is 0 Å². The number of halogens is 2. The Balaban J connectivity index is 1.32. The van der Waals surface area contributed by atoms with Crippen LogP contribution in [-0.4, -0.2) is 50.0 Å². The molecule has 0 saturated carbocycles. The van der Waals surface area contributed by atoms with Crippen LogP contribution in [0.15, 0.2) is 18.2 Å². The van der Waals surface area contributed by atoms with Gasteiger partial charge in [0.2, 0.25) is 0 Å². The maximum Gasteiger partial charge on any atom is 0.0940 e. The van der Waals surface area contributed by atoms with Gasteiger partial charge in [-0.3, -0.25) is 0 Å². The maximum atomic E-state index is 6.14. The third-order valence-corrected chi connectivity index (χ3v) is 5.14. The lowest BCUT2D eigenvalue weighted by Gasteiger charge is -2.30. The zero-order valence-electron chi connectivity index (χ0n) is 12.1. The van der Waals surface area contributed by atoms with Crippen LogP contribution in [-0.2, 0) is 15.9 Å². The summed E-state index contributed by atoms with van der Waals surface area (Å²) in [6.07, 6.45) is 3.10. The standard InChI is InChI=1S/C16H21Cl2NO2/c17-14-2-1-3-15(18)13(14)4-10-20-11-9-19-7-5-16(6-8-19)12-21-16/h1-3H,4-12H2. The van der Waals surface area contributed by atoms with Crippen LogP contribution in [0.4, 0.5) is 0 Å². The topological polar surface area (TPSA) is 25.0 Å². The van der Waals surface area contributed by atoms with Gasteiger partial charge in [-0.15, -0.1) is 0 Å². The second-order valence-corrected chi connectivity index (χ2v) is 6.69. The van der Waals surface area contributed by atoms with Gasteiger partial charge >= 0.3 is 0 Å². The van der Waals surface area contributed by atoms with Crippen molar-refractivity contribution in [2.24, 2.45) is 0 Å². The highest BCUT2D eigenvalue weighted by atomic mass is 35.5. The Morgan fingerprint density at radius 2 is 1.81 bits per heavy atom. The summed E-state index contributed by atoms with van der Waals surface area (Å²) in [6.45, 7) is 5.63. The van der Waals surface area contributed by atoms with E-state index in [0.29, 0.717) is 6.61 Å². The lowest BCUT2D eigenvalue weighted by molar-refractivity contribution is 0.0824. The number of epoxide rings is 1. The summed E-state index contributed by atoms with van der Waals surface area (Å²) in [5.74, 6) is 0. The van der Waals surface area contributed by atoms with Crippen LogP contribution in [0.3, 0.4) is 0 Å². The molecule has 116 valence electrons. The van der Waals surface area contributed by atoms with Gasteiger partial charge in [0.05, 0.1) is 25.4 Å². The molecule has 2 aliphatic heterocycles. The molecule has 0 unspecified atom stereocenters. The van der Waals surface area contributed by atoms with Gasteiger partial charge < -0.3 is 14.4 Å². The first-order chi connectivity index (χ1) is 10.2. The number of benzene rings is 1. The molecule has 0 bridgehead atoms. The largest absolute Gasteiger partial charge is 0.380 e. The first-order valence-electron chi connectivity index (χ1n) is 7.56. The molecule has 0 radical (unpaired) electrons. The van der Waals surface area contributed by atoms with E-state index in [2.05, 4.69) is 4.90 Å². The molecule has 5 heteroatoms. The fourth-order valence-electron chi connectivity index (χ4n) is 2.82. The molecule has 2 fully saturated rings. The van der Waals surface area contributed by atoms with E-state index in [0.717, 1.165) is 54.9 Å². The molecule has 1 aromatic rings. The van der Waals surface area contributed by atoms with E-state index in [9.17, 15) is 0 Å². The second-order valence-electron chi connectivity index (χ2n) is 5.88. The minimum absolute atomic E-state index is 0.262. The summed E-state index contributed by atoms with van der Waals surface area (Å²) < 4.78 is 11.2. The predicted molar refractivity (Wildman–Crippen MR) is 85.3 cm³/mol. The SMILES string of the molecule is Clc1cccc(Cl)c1CCOCCN1CCC2(CC1)CO2. The molecular weight excluding hydrogens is 309 g/mol. The Hall–Kier alpha value is -0.320. The minimum Gasteiger partial charge on any atom is -0.380 e. The highest BCUT2D eigenvalue weighted by molar-refractivity contribution is 6.35. The summed E-state index contributed by atoms with van der Waals surface area (Å²) >= 11 is 12.3. The molecule has 3 rings (SSSR count). The fourth-order valence-corrected chi connectivity index (χ4v) is 3.40. The molecule has 3 nitrogen and oxygen atoms in total. The number of hydrogen-bond acceptors (Lipinski definition) is 3. The molecule has 0 aliphatic carbocycles. The van der Waals surface area contributed by atoms with Crippen LogP contribution in [0, 0.1) is 0 Å². The van der Waals surface area contributed by atoms with Crippen molar-refractivity contribution < 1.29 is 9.47 Å². The number of ether oxygens (including phenoxy) is 2. The van der Waals surface area contributed by atoms with E-state index < -0.39 is 0 Å². The van der Waals surface area contributed by atoms with Crippen molar-refractivity contribution in [3.63, 3.8) is 0 Å². The van der Waals surface area contributed by atoms with E-state index in [1.165, 1.54) is 12.8 Å². The van der Waals surface area contributed by atoms with Crippen molar-refractivity contribution in [2.45, 2.75) is 24.9 Å². The van der Waals surface area contributed by atoms with E-state index in [1.54, 1.807) is 0 Å². The first-order valence-corrected chi connectivity index (χ1v) is 8.31. The van der Waals surface area contributed by atoms with Gasteiger partial charge in [0.15, 0.2) is 0 Å². The van der Waals surface area contributed by atoms with Crippen LogP contribution >= 0.6 is 23.2 Å². The smallest absolute Gasteiger partial charge is 0.0940 e. The summed E-state index contributed by atoms with van der Waals surface area (Å²) in [5.41, 5.74) is 1.24. The molecular formula is C16H21Cl2NO2. The number of piperidine rings is 1. The lowest BCUT2D eigenvalue weighted by Crippen LogP contribution is -2.39. The van der Waals surface area contributed by atoms with Gasteiger partial charge in [-0.2, -0.15) is 0 Å². The minimum atomic E-state index is 0.262. The molecule has 1 aromatic carbocycles. The van der Waals surface area contributed by atoms with E-state index in [1.807, 2.05) is 18.2 Å². The van der Waals surface area contributed by atoms with Gasteiger partial charge in [0.1, 0.15) is 0 Å². The van der Waals surface area contributed by atoms with Crippen LogP contribution in [0.5, 0.6) is 0 Å². The molecule has 2 saturated heterocycles. The number of rotatable bonds is 6. The van der Waals surface area contributed by atoms with Crippen LogP contribution in [0.2, 0.25) is 10.0 Å². The van der Waals surface area contributed by atoms with Gasteiger partial charge in [-0.05, 0) is 37.0 Å². The van der Waals surface area contributed by atoms with Crippen molar-refractivity contribution >= 4 is 23.2 Å². The lowest BCUT2D eigenvalue weighted by atomic mass is 9.98. The van der Waals surface area contributed by atoms with Crippen molar-refractivity contribution in [3.8, 4) is 0 Å². The van der Waals surface area contributed by atoms with Gasteiger partial charge in [-0.1, -0.05) is 29.3 Å². The van der Waals surface area contributed by atoms with Crippen molar-refractivity contribution in [3.05, 3.63) is 33.8 Å². The van der Waals surface area contributed by atoms with Crippen molar-refractivity contribution in [2.75, 3.05) is 39.5 Å². The molecule has 2 aliphatic rings. The average molecular weight is 330 g/mol.